The van der Waals surface area contributed by atoms with Gasteiger partial charge in [0, 0.05) is 18.7 Å². The van der Waals surface area contributed by atoms with Crippen molar-refractivity contribution in [2.24, 2.45) is 4.99 Å². The number of allylic oxidation sites excluding steroid dienone is 1. The molecule has 29 heavy (non-hydrogen) atoms. The molecule has 7 nitrogen and oxygen atoms in total. The van der Waals surface area contributed by atoms with Crippen LogP contribution in [-0.2, 0) is 9.59 Å². The number of benzene rings is 1. The molecule has 0 fully saturated rings. The predicted octanol–water partition coefficient (Wildman–Crippen LogP) is 1.65. The molecule has 3 aliphatic rings. The van der Waals surface area contributed by atoms with Gasteiger partial charge in [-0.3, -0.25) is 19.5 Å². The number of fused-ring (bicyclic) bond motifs is 2. The maximum atomic E-state index is 14.8. The van der Waals surface area contributed by atoms with E-state index in [-0.39, 0.29) is 49.3 Å². The monoisotopic (exact) mass is 408 g/mol. The standard InChI is InChI=1S/C18H12F4N4O3/c1-2-4-24-12-7-11(10(19)6-13(12)29-9-16(24)28)26-15(27)8-14(18(20,21)22)25-5-3-23-17(25)26/h1,6-8H,3-5,9H2. The van der Waals surface area contributed by atoms with Gasteiger partial charge in [0.1, 0.15) is 11.4 Å². The summed E-state index contributed by atoms with van der Waals surface area (Å²) < 4.78 is 59.8. The number of amides is 2. The Balaban J connectivity index is 1.84. The fraction of sp³-hybridized carbons (Fsp3) is 0.278. The Morgan fingerprint density at radius 2 is 2.00 bits per heavy atom. The summed E-state index contributed by atoms with van der Waals surface area (Å²) in [4.78, 5) is 31.3. The molecule has 0 aromatic heterocycles. The van der Waals surface area contributed by atoms with Crippen molar-refractivity contribution in [3.63, 3.8) is 0 Å². The molecule has 11 heteroatoms. The van der Waals surface area contributed by atoms with Gasteiger partial charge in [-0.25, -0.2) is 9.29 Å². The number of anilines is 2. The van der Waals surface area contributed by atoms with Crippen LogP contribution in [0, 0.1) is 18.2 Å². The van der Waals surface area contributed by atoms with Crippen LogP contribution in [0.15, 0.2) is 28.9 Å². The van der Waals surface area contributed by atoms with Gasteiger partial charge in [-0.05, 0) is 6.07 Å². The van der Waals surface area contributed by atoms with Crippen LogP contribution >= 0.6 is 0 Å². The third-order valence-electron chi connectivity index (χ3n) is 4.54. The summed E-state index contributed by atoms with van der Waals surface area (Å²) in [5, 5.41) is 0. The minimum absolute atomic E-state index is 0.00388. The molecule has 0 saturated heterocycles. The first kappa shape index (κ1) is 18.8. The van der Waals surface area contributed by atoms with Crippen molar-refractivity contribution in [1.29, 1.82) is 0 Å². The van der Waals surface area contributed by atoms with Crippen molar-refractivity contribution in [3.05, 3.63) is 29.7 Å². The number of carbonyl (C=O) groups excluding carboxylic acids is 2. The lowest BCUT2D eigenvalue weighted by Gasteiger charge is -2.36. The number of terminal acetylenes is 1. The van der Waals surface area contributed by atoms with E-state index in [4.69, 9.17) is 11.2 Å². The number of hydrogen-bond donors (Lipinski definition) is 0. The van der Waals surface area contributed by atoms with Gasteiger partial charge in [0.15, 0.2) is 12.4 Å². The van der Waals surface area contributed by atoms with Crippen LogP contribution in [0.3, 0.4) is 0 Å². The third kappa shape index (κ3) is 2.97. The number of guanidine groups is 1. The van der Waals surface area contributed by atoms with Crippen LogP contribution < -0.4 is 14.5 Å². The number of alkyl halides is 3. The minimum atomic E-state index is -4.77. The number of ether oxygens (including phenoxy) is 1. The van der Waals surface area contributed by atoms with Gasteiger partial charge in [0.05, 0.1) is 24.5 Å². The molecule has 1 aromatic rings. The molecule has 0 aliphatic carbocycles. The minimum Gasteiger partial charge on any atom is -0.481 e. The highest BCUT2D eigenvalue weighted by Crippen LogP contribution is 2.40. The van der Waals surface area contributed by atoms with E-state index in [0.29, 0.717) is 6.08 Å². The highest BCUT2D eigenvalue weighted by atomic mass is 19.4. The van der Waals surface area contributed by atoms with E-state index in [2.05, 4.69) is 10.9 Å². The first-order chi connectivity index (χ1) is 13.7. The van der Waals surface area contributed by atoms with Crippen molar-refractivity contribution in [3.8, 4) is 18.1 Å². The average Bonchev–Trinajstić information content (AvgIpc) is 3.12. The van der Waals surface area contributed by atoms with E-state index >= 15 is 0 Å². The SMILES string of the molecule is C#CCN1C(=O)COc2cc(F)c(N3C(=O)C=C(C(F)(F)F)N4CCN=C43)cc21. The molecule has 3 heterocycles. The van der Waals surface area contributed by atoms with Crippen molar-refractivity contribution >= 4 is 29.1 Å². The topological polar surface area (TPSA) is 65.5 Å². The van der Waals surface area contributed by atoms with Crippen LogP contribution in [0.1, 0.15) is 0 Å². The summed E-state index contributed by atoms with van der Waals surface area (Å²) >= 11 is 0. The lowest BCUT2D eigenvalue weighted by molar-refractivity contribution is -0.121. The van der Waals surface area contributed by atoms with Gasteiger partial charge in [0.25, 0.3) is 11.8 Å². The van der Waals surface area contributed by atoms with E-state index in [9.17, 15) is 27.2 Å². The zero-order valence-corrected chi connectivity index (χ0v) is 14.7. The van der Waals surface area contributed by atoms with Crippen molar-refractivity contribution < 1.29 is 31.9 Å². The molecule has 150 valence electrons. The number of nitrogens with zero attached hydrogens (tertiary/aromatic N) is 4. The first-order valence-corrected chi connectivity index (χ1v) is 8.37. The average molecular weight is 408 g/mol. The van der Waals surface area contributed by atoms with Crippen LogP contribution in [0.5, 0.6) is 5.75 Å². The summed E-state index contributed by atoms with van der Waals surface area (Å²) in [5.74, 6) is -0.520. The maximum Gasteiger partial charge on any atom is 0.431 e. The van der Waals surface area contributed by atoms with Gasteiger partial charge >= 0.3 is 6.18 Å². The Hall–Kier alpha value is -3.55. The maximum absolute atomic E-state index is 14.8. The predicted molar refractivity (Wildman–Crippen MR) is 93.7 cm³/mol. The van der Waals surface area contributed by atoms with Gasteiger partial charge in [-0.15, -0.1) is 6.42 Å². The van der Waals surface area contributed by atoms with Crippen molar-refractivity contribution in [1.82, 2.24) is 4.90 Å². The number of rotatable bonds is 2. The lowest BCUT2D eigenvalue weighted by Crippen LogP contribution is -2.51. The molecule has 4 rings (SSSR count). The molecule has 2 amide bonds. The Labute approximate surface area is 161 Å². The Morgan fingerprint density at radius 3 is 2.69 bits per heavy atom. The molecular formula is C18H12F4N4O3. The molecule has 0 radical (unpaired) electrons. The quantitative estimate of drug-likeness (QED) is 0.552. The highest BCUT2D eigenvalue weighted by Gasteiger charge is 2.47. The molecule has 1 aromatic carbocycles. The second kappa shape index (κ2) is 6.51. The zero-order chi connectivity index (χ0) is 20.9. The highest BCUT2D eigenvalue weighted by molar-refractivity contribution is 6.23. The fourth-order valence-electron chi connectivity index (χ4n) is 3.32. The molecule has 0 saturated carbocycles. The van der Waals surface area contributed by atoms with Crippen LogP contribution in [0.4, 0.5) is 28.9 Å². The van der Waals surface area contributed by atoms with Crippen LogP contribution in [-0.4, -0.2) is 55.1 Å². The van der Waals surface area contributed by atoms with E-state index in [1.54, 1.807) is 0 Å². The molecular weight excluding hydrogens is 396 g/mol. The summed E-state index contributed by atoms with van der Waals surface area (Å²) in [7, 11) is 0. The van der Waals surface area contributed by atoms with Crippen molar-refractivity contribution in [2.45, 2.75) is 6.18 Å². The van der Waals surface area contributed by atoms with Gasteiger partial charge in [-0.2, -0.15) is 13.2 Å². The van der Waals surface area contributed by atoms with E-state index in [0.717, 1.165) is 21.9 Å². The fourth-order valence-corrected chi connectivity index (χ4v) is 3.32. The van der Waals surface area contributed by atoms with E-state index < -0.39 is 29.5 Å². The Bertz CT molecular complexity index is 1030. The molecule has 0 N–H and O–H groups in total. The zero-order valence-electron chi connectivity index (χ0n) is 14.7. The van der Waals surface area contributed by atoms with Crippen molar-refractivity contribution in [2.75, 3.05) is 36.0 Å². The Kier molecular flexibility index (Phi) is 4.22. The van der Waals surface area contributed by atoms with E-state index in [1.165, 1.54) is 4.90 Å². The summed E-state index contributed by atoms with van der Waals surface area (Å²) in [6.45, 7) is -0.570. The number of halogens is 4. The van der Waals surface area contributed by atoms with Gasteiger partial charge in [-0.1, -0.05) is 5.92 Å². The lowest BCUT2D eigenvalue weighted by atomic mass is 10.1. The summed E-state index contributed by atoms with van der Waals surface area (Å²) in [5.41, 5.74) is -1.42. The molecule has 0 spiro atoms. The summed E-state index contributed by atoms with van der Waals surface area (Å²) in [6.07, 6.45) is 0.894. The third-order valence-corrected chi connectivity index (χ3v) is 4.54. The second-order valence-corrected chi connectivity index (χ2v) is 6.28. The van der Waals surface area contributed by atoms with Gasteiger partial charge in [0.2, 0.25) is 5.96 Å². The number of carbonyl (C=O) groups is 2. The largest absolute Gasteiger partial charge is 0.481 e. The molecule has 0 unspecified atom stereocenters. The molecule has 3 aliphatic heterocycles. The first-order valence-electron chi connectivity index (χ1n) is 8.37. The van der Waals surface area contributed by atoms with Crippen LogP contribution in [0.25, 0.3) is 0 Å². The number of hydrogen-bond acceptors (Lipinski definition) is 5. The Morgan fingerprint density at radius 1 is 1.24 bits per heavy atom. The number of aliphatic imine (C=N–C) groups is 1. The normalized spacial score (nSPS) is 18.7. The van der Waals surface area contributed by atoms with Crippen LogP contribution in [0.2, 0.25) is 0 Å². The van der Waals surface area contributed by atoms with Gasteiger partial charge < -0.3 is 9.64 Å². The second-order valence-electron chi connectivity index (χ2n) is 6.28. The smallest absolute Gasteiger partial charge is 0.431 e. The molecule has 0 bridgehead atoms. The molecule has 0 atom stereocenters. The van der Waals surface area contributed by atoms with E-state index in [1.807, 2.05) is 0 Å². The summed E-state index contributed by atoms with van der Waals surface area (Å²) in [6, 6.07) is 2.10.